The van der Waals surface area contributed by atoms with E-state index >= 15 is 4.39 Å². The summed E-state index contributed by atoms with van der Waals surface area (Å²) >= 11 is 0. The number of halogens is 1. The maximum Gasteiger partial charge on any atom is 0.342 e. The number of ether oxygens (including phenoxy) is 3. The van der Waals surface area contributed by atoms with E-state index in [0.29, 0.717) is 4.57 Å². The lowest BCUT2D eigenvalue weighted by Crippen LogP contribution is -2.56. The van der Waals surface area contributed by atoms with Gasteiger partial charge in [-0.3, -0.25) is 28.5 Å². The van der Waals surface area contributed by atoms with E-state index in [0.717, 1.165) is 12.3 Å². The summed E-state index contributed by atoms with van der Waals surface area (Å²) in [6.45, 7) is 6.34. The second-order valence-electron chi connectivity index (χ2n) is 9.94. The maximum atomic E-state index is 16.1. The van der Waals surface area contributed by atoms with Crippen LogP contribution in [-0.4, -0.2) is 82.4 Å². The highest BCUT2D eigenvalue weighted by Crippen LogP contribution is 2.45. The lowest BCUT2D eigenvalue weighted by atomic mass is 9.93. The van der Waals surface area contributed by atoms with E-state index in [1.54, 1.807) is 27.7 Å². The SMILES string of the molecule is CC(C)OC(=O)C(C)NP(=O)(NC(C)C(=O)OC(C)C)OC[C@@]1(CN=[N+]=[N-])OC[C@@](F)(n2ccc(=O)[nH]c2=O)[C@@H]1O. The summed E-state index contributed by atoms with van der Waals surface area (Å²) < 4.78 is 51.7. The van der Waals surface area contributed by atoms with Crippen LogP contribution >= 0.6 is 7.67 Å². The Balaban J connectivity index is 2.43. The van der Waals surface area contributed by atoms with Crippen molar-refractivity contribution < 1.29 is 42.4 Å². The number of nitrogens with zero attached hydrogens (tertiary/aromatic N) is 4. The molecule has 1 fully saturated rings. The van der Waals surface area contributed by atoms with Gasteiger partial charge in [0.2, 0.25) is 5.79 Å². The average Bonchev–Trinajstić information content (AvgIpc) is 3.11. The topological polar surface area (TPSA) is 236 Å². The molecule has 5 atom stereocenters. The molecule has 230 valence electrons. The monoisotopic (exact) mass is 607 g/mol. The molecule has 17 nitrogen and oxygen atoms in total. The van der Waals surface area contributed by atoms with E-state index in [2.05, 4.69) is 20.2 Å². The minimum atomic E-state index is -4.48. The van der Waals surface area contributed by atoms with E-state index in [4.69, 9.17) is 24.3 Å². The highest BCUT2D eigenvalue weighted by Gasteiger charge is 2.61. The number of aromatic nitrogens is 2. The molecular weight excluding hydrogens is 572 g/mol. The van der Waals surface area contributed by atoms with Crippen molar-refractivity contribution in [2.75, 3.05) is 19.8 Å². The van der Waals surface area contributed by atoms with Crippen LogP contribution in [0.1, 0.15) is 41.5 Å². The number of H-pyrrole nitrogens is 1. The van der Waals surface area contributed by atoms with Crippen molar-refractivity contribution in [2.45, 2.75) is 83.3 Å². The summed E-state index contributed by atoms with van der Waals surface area (Å²) in [5.74, 6) is -4.61. The number of rotatable bonds is 14. The Morgan fingerprint density at radius 3 is 2.22 bits per heavy atom. The molecular formula is C22H35FN7O10P. The molecule has 1 saturated heterocycles. The molecule has 2 heterocycles. The Morgan fingerprint density at radius 1 is 1.22 bits per heavy atom. The quantitative estimate of drug-likeness (QED) is 0.0747. The van der Waals surface area contributed by atoms with E-state index < -0.39 is 92.4 Å². The van der Waals surface area contributed by atoms with Gasteiger partial charge in [0.15, 0.2) is 0 Å². The van der Waals surface area contributed by atoms with E-state index in [-0.39, 0.29) is 0 Å². The number of hydrogen-bond donors (Lipinski definition) is 4. The van der Waals surface area contributed by atoms with Crippen LogP contribution in [0.4, 0.5) is 4.39 Å². The van der Waals surface area contributed by atoms with Gasteiger partial charge in [-0.1, -0.05) is 5.11 Å². The molecule has 1 aliphatic heterocycles. The number of carbonyl (C=O) groups is 2. The number of aliphatic hydroxyl groups is 1. The van der Waals surface area contributed by atoms with Crippen LogP contribution in [0, 0.1) is 0 Å². The molecule has 0 aromatic carbocycles. The summed E-state index contributed by atoms with van der Waals surface area (Å²) in [4.78, 5) is 53.0. The molecule has 1 aromatic heterocycles. The smallest absolute Gasteiger partial charge is 0.342 e. The highest BCUT2D eigenvalue weighted by atomic mass is 31.2. The predicted octanol–water partition coefficient (Wildman–Crippen LogP) is 0.583. The van der Waals surface area contributed by atoms with Crippen LogP contribution in [0.2, 0.25) is 0 Å². The van der Waals surface area contributed by atoms with Crippen molar-refractivity contribution in [3.63, 3.8) is 0 Å². The first-order chi connectivity index (χ1) is 19.0. The largest absolute Gasteiger partial charge is 0.462 e. The first-order valence-electron chi connectivity index (χ1n) is 12.5. The zero-order valence-electron chi connectivity index (χ0n) is 23.4. The van der Waals surface area contributed by atoms with Crippen molar-refractivity contribution in [1.29, 1.82) is 0 Å². The van der Waals surface area contributed by atoms with Gasteiger partial charge in [0, 0.05) is 17.2 Å². The predicted molar refractivity (Wildman–Crippen MR) is 140 cm³/mol. The van der Waals surface area contributed by atoms with Crippen molar-refractivity contribution in [3.05, 3.63) is 43.5 Å². The number of carbonyl (C=O) groups excluding carboxylic acids is 2. The van der Waals surface area contributed by atoms with Gasteiger partial charge in [-0.2, -0.15) is 0 Å². The van der Waals surface area contributed by atoms with Gasteiger partial charge in [0.1, 0.15) is 30.4 Å². The van der Waals surface area contributed by atoms with Gasteiger partial charge in [0.25, 0.3) is 5.56 Å². The molecule has 1 aromatic rings. The Labute approximate surface area is 233 Å². The molecule has 4 N–H and O–H groups in total. The summed E-state index contributed by atoms with van der Waals surface area (Å²) in [5, 5.41) is 19.3. The zero-order chi connectivity index (χ0) is 31.2. The minimum absolute atomic E-state index is 0.390. The van der Waals surface area contributed by atoms with E-state index in [1.165, 1.54) is 13.8 Å². The van der Waals surface area contributed by atoms with E-state index in [9.17, 15) is 28.8 Å². The Morgan fingerprint density at radius 2 is 1.76 bits per heavy atom. The van der Waals surface area contributed by atoms with Crippen molar-refractivity contribution in [1.82, 2.24) is 19.7 Å². The maximum absolute atomic E-state index is 16.1. The first kappa shape index (κ1) is 34.1. The molecule has 19 heteroatoms. The molecule has 2 rings (SSSR count). The fourth-order valence-electron chi connectivity index (χ4n) is 3.76. The lowest BCUT2D eigenvalue weighted by molar-refractivity contribution is -0.149. The minimum Gasteiger partial charge on any atom is -0.462 e. The van der Waals surface area contributed by atoms with Gasteiger partial charge in [-0.15, -0.1) is 0 Å². The Hall–Kier alpha value is -3.11. The number of aliphatic hydroxyl groups excluding tert-OH is 1. The third-order valence-corrected chi connectivity index (χ3v) is 7.68. The molecule has 0 aliphatic carbocycles. The number of hydrogen-bond acceptors (Lipinski definition) is 11. The number of azide groups is 1. The number of alkyl halides is 1. The highest BCUT2D eigenvalue weighted by molar-refractivity contribution is 7.54. The summed E-state index contributed by atoms with van der Waals surface area (Å²) in [6.07, 6.45) is -2.49. The molecule has 0 saturated carbocycles. The normalized spacial score (nSPS) is 25.3. The van der Waals surface area contributed by atoms with Crippen LogP contribution < -0.4 is 21.4 Å². The van der Waals surface area contributed by atoms with Gasteiger partial charge in [0.05, 0.1) is 25.4 Å². The zero-order valence-corrected chi connectivity index (χ0v) is 24.3. The van der Waals surface area contributed by atoms with Crippen LogP contribution in [0.25, 0.3) is 10.4 Å². The van der Waals surface area contributed by atoms with Crippen molar-refractivity contribution in [3.8, 4) is 0 Å². The molecule has 41 heavy (non-hydrogen) atoms. The molecule has 1 aliphatic rings. The molecule has 0 spiro atoms. The number of nitrogens with one attached hydrogen (secondary N) is 3. The third kappa shape index (κ3) is 8.45. The van der Waals surface area contributed by atoms with Crippen LogP contribution in [0.15, 0.2) is 27.0 Å². The summed E-state index contributed by atoms with van der Waals surface area (Å²) in [5.41, 5.74) is 4.65. The van der Waals surface area contributed by atoms with Gasteiger partial charge in [-0.25, -0.2) is 19.4 Å². The summed E-state index contributed by atoms with van der Waals surface area (Å²) in [6, 6.07) is -1.67. The van der Waals surface area contributed by atoms with E-state index in [1.807, 2.05) is 4.98 Å². The number of esters is 2. The fourth-order valence-corrected chi connectivity index (χ4v) is 5.62. The Bertz CT molecular complexity index is 1280. The molecule has 0 amide bonds. The first-order valence-corrected chi connectivity index (χ1v) is 14.2. The third-order valence-electron chi connectivity index (χ3n) is 5.73. The van der Waals surface area contributed by atoms with Crippen LogP contribution in [0.3, 0.4) is 0 Å². The summed E-state index contributed by atoms with van der Waals surface area (Å²) in [7, 11) is -4.48. The van der Waals surface area contributed by atoms with Crippen LogP contribution in [0.5, 0.6) is 0 Å². The van der Waals surface area contributed by atoms with Gasteiger partial charge < -0.3 is 23.8 Å². The van der Waals surface area contributed by atoms with Crippen molar-refractivity contribution >= 4 is 19.6 Å². The fraction of sp³-hybridized carbons (Fsp3) is 0.727. The molecule has 2 unspecified atom stereocenters. The molecule has 0 radical (unpaired) electrons. The second-order valence-corrected chi connectivity index (χ2v) is 11.8. The standard InChI is InChI=1S/C22H35FN7O10P/c1-12(2)39-17(32)14(5)27-41(36,28-15(6)18(33)40-13(3)4)38-10-21(9-25-29-24)19(34)22(23,11-37-21)30-8-7-16(31)26-20(30)35/h7-8,12-15,19,34H,9-11H2,1-6H3,(H,26,31,35)(H2,27,28,36)/t14?,15?,19-,21-,22-,41?/m1/s1. The molecule has 0 bridgehead atoms. The van der Waals surface area contributed by atoms with Gasteiger partial charge in [-0.05, 0) is 47.1 Å². The van der Waals surface area contributed by atoms with Crippen molar-refractivity contribution in [2.24, 2.45) is 5.11 Å². The Kier molecular flexibility index (Phi) is 11.4. The number of aromatic amines is 1. The lowest BCUT2D eigenvalue weighted by Gasteiger charge is -2.35. The average molecular weight is 608 g/mol. The van der Waals surface area contributed by atoms with Crippen LogP contribution in [-0.2, 0) is 38.7 Å². The second kappa shape index (κ2) is 13.7. The van der Waals surface area contributed by atoms with Gasteiger partial charge >= 0.3 is 25.3 Å².